The van der Waals surface area contributed by atoms with Crippen molar-refractivity contribution in [3.05, 3.63) is 65.5 Å². The number of rotatable bonds is 6. The third kappa shape index (κ3) is 4.05. The third-order valence-corrected chi connectivity index (χ3v) is 5.60. The van der Waals surface area contributed by atoms with E-state index in [1.54, 1.807) is 6.20 Å². The molecule has 0 bridgehead atoms. The molecule has 2 aliphatic rings. The van der Waals surface area contributed by atoms with Gasteiger partial charge in [-0.1, -0.05) is 30.3 Å². The van der Waals surface area contributed by atoms with Crippen LogP contribution in [0.2, 0.25) is 0 Å². The Morgan fingerprint density at radius 1 is 1.11 bits per heavy atom. The summed E-state index contributed by atoms with van der Waals surface area (Å²) in [6, 6.07) is 14.2. The Morgan fingerprint density at radius 2 is 1.93 bits per heavy atom. The molecule has 6 heteroatoms. The zero-order valence-corrected chi connectivity index (χ0v) is 15.4. The van der Waals surface area contributed by atoms with Crippen LogP contribution in [0.3, 0.4) is 0 Å². The van der Waals surface area contributed by atoms with Crippen LogP contribution in [0.15, 0.2) is 48.7 Å². The molecule has 3 heterocycles. The number of nitrogens with one attached hydrogen (secondary N) is 1. The lowest BCUT2D eigenvalue weighted by atomic mass is 9.95. The highest BCUT2D eigenvalue weighted by atomic mass is 16.5. The Hall–Kier alpha value is -1.83. The van der Waals surface area contributed by atoms with Crippen molar-refractivity contribution in [1.29, 1.82) is 0 Å². The second-order valence-electron chi connectivity index (χ2n) is 7.32. The van der Waals surface area contributed by atoms with Crippen molar-refractivity contribution in [3.8, 4) is 0 Å². The molecule has 0 spiro atoms. The van der Waals surface area contributed by atoms with Gasteiger partial charge in [0.15, 0.2) is 0 Å². The van der Waals surface area contributed by atoms with Gasteiger partial charge in [-0.25, -0.2) is 0 Å². The smallest absolute Gasteiger partial charge is 0.109 e. The van der Waals surface area contributed by atoms with Crippen molar-refractivity contribution in [2.75, 3.05) is 19.7 Å². The van der Waals surface area contributed by atoms with Crippen molar-refractivity contribution in [1.82, 2.24) is 15.2 Å². The zero-order valence-electron chi connectivity index (χ0n) is 15.4. The molecule has 4 rings (SSSR count). The highest BCUT2D eigenvalue weighted by Gasteiger charge is 2.46. The van der Waals surface area contributed by atoms with Crippen LogP contribution in [-0.2, 0) is 24.2 Å². The number of ether oxygens (including phenoxy) is 1. The highest BCUT2D eigenvalue weighted by molar-refractivity contribution is 5.29. The summed E-state index contributed by atoms with van der Waals surface area (Å²) in [6.07, 6.45) is 1.35. The molecule has 1 fully saturated rings. The number of pyridine rings is 1. The summed E-state index contributed by atoms with van der Waals surface area (Å²) in [6.45, 7) is 2.77. The van der Waals surface area contributed by atoms with Crippen LogP contribution in [0.1, 0.15) is 16.8 Å². The Labute approximate surface area is 159 Å². The summed E-state index contributed by atoms with van der Waals surface area (Å²) in [5.41, 5.74) is 3.66. The number of aliphatic hydroxyl groups excluding tert-OH is 2. The number of benzene rings is 1. The monoisotopic (exact) mass is 369 g/mol. The van der Waals surface area contributed by atoms with Crippen molar-refractivity contribution in [2.45, 2.75) is 43.9 Å². The van der Waals surface area contributed by atoms with Gasteiger partial charge in [0.1, 0.15) is 12.2 Å². The number of hydrogen-bond donors (Lipinski definition) is 3. The van der Waals surface area contributed by atoms with Gasteiger partial charge in [-0.15, -0.1) is 0 Å². The van der Waals surface area contributed by atoms with Gasteiger partial charge in [-0.3, -0.25) is 9.88 Å². The zero-order chi connectivity index (χ0) is 18.6. The van der Waals surface area contributed by atoms with Gasteiger partial charge in [-0.05, 0) is 29.7 Å². The molecule has 0 unspecified atom stereocenters. The van der Waals surface area contributed by atoms with E-state index in [0.29, 0.717) is 13.1 Å². The molecule has 0 radical (unpaired) electrons. The molecule has 4 atom stereocenters. The van der Waals surface area contributed by atoms with Crippen LogP contribution in [0.4, 0.5) is 0 Å². The molecule has 2 aromatic rings. The average molecular weight is 369 g/mol. The van der Waals surface area contributed by atoms with Crippen molar-refractivity contribution >= 4 is 0 Å². The second kappa shape index (κ2) is 8.46. The summed E-state index contributed by atoms with van der Waals surface area (Å²) >= 11 is 0. The maximum atomic E-state index is 10.8. The Kier molecular flexibility index (Phi) is 5.80. The number of nitrogens with zero attached hydrogens (tertiary/aromatic N) is 2. The van der Waals surface area contributed by atoms with Gasteiger partial charge in [-0.2, -0.15) is 0 Å². The fraction of sp³-hybridized carbons (Fsp3) is 0.476. The predicted molar refractivity (Wildman–Crippen MR) is 102 cm³/mol. The molecule has 144 valence electrons. The Morgan fingerprint density at radius 3 is 2.70 bits per heavy atom. The topological polar surface area (TPSA) is 77.9 Å². The summed E-state index contributed by atoms with van der Waals surface area (Å²) in [5, 5.41) is 23.8. The SMILES string of the molecule is OC[C@@H]1O[C@H](CNCc2ccccn2)[C@H](N2CCc3ccccc3C2)[C@@H]1O. The number of hydrogen-bond acceptors (Lipinski definition) is 6. The maximum absolute atomic E-state index is 10.8. The van der Waals surface area contributed by atoms with E-state index in [1.165, 1.54) is 11.1 Å². The van der Waals surface area contributed by atoms with Crippen molar-refractivity contribution in [2.24, 2.45) is 0 Å². The van der Waals surface area contributed by atoms with Crippen molar-refractivity contribution < 1.29 is 14.9 Å². The molecular weight excluding hydrogens is 342 g/mol. The van der Waals surface area contributed by atoms with Gasteiger partial charge in [0.05, 0.1) is 24.4 Å². The highest BCUT2D eigenvalue weighted by Crippen LogP contribution is 2.30. The standard InChI is InChI=1S/C21H27N3O3/c25-14-19-21(26)20(24-10-8-15-5-1-2-6-16(15)13-24)18(27-19)12-22-11-17-7-3-4-9-23-17/h1-7,9,18-22,25-26H,8,10-14H2/t18-,19+,20+,21-/m1/s1. The lowest BCUT2D eigenvalue weighted by Crippen LogP contribution is -2.52. The molecule has 27 heavy (non-hydrogen) atoms. The van der Waals surface area contributed by atoms with Crippen LogP contribution in [0.25, 0.3) is 0 Å². The first kappa shape index (κ1) is 18.5. The predicted octanol–water partition coefficient (Wildman–Crippen LogP) is 0.719. The van der Waals surface area contributed by atoms with E-state index < -0.39 is 12.2 Å². The second-order valence-corrected chi connectivity index (χ2v) is 7.32. The molecule has 1 aromatic carbocycles. The summed E-state index contributed by atoms with van der Waals surface area (Å²) in [7, 11) is 0. The first-order chi connectivity index (χ1) is 13.3. The minimum absolute atomic E-state index is 0.133. The van der Waals surface area contributed by atoms with Gasteiger partial charge in [0, 0.05) is 32.4 Å². The van der Waals surface area contributed by atoms with Crippen LogP contribution in [-0.4, -0.2) is 64.1 Å². The lowest BCUT2D eigenvalue weighted by molar-refractivity contribution is -0.0213. The van der Waals surface area contributed by atoms with E-state index in [9.17, 15) is 10.2 Å². The number of aliphatic hydroxyl groups is 2. The molecule has 1 aromatic heterocycles. The largest absolute Gasteiger partial charge is 0.394 e. The first-order valence-electron chi connectivity index (χ1n) is 9.62. The Balaban J connectivity index is 1.43. The van der Waals surface area contributed by atoms with Crippen LogP contribution < -0.4 is 5.32 Å². The first-order valence-corrected chi connectivity index (χ1v) is 9.62. The molecule has 2 aliphatic heterocycles. The van der Waals surface area contributed by atoms with Gasteiger partial charge >= 0.3 is 0 Å². The molecule has 1 saturated heterocycles. The van der Waals surface area contributed by atoms with E-state index in [1.807, 2.05) is 18.2 Å². The third-order valence-electron chi connectivity index (χ3n) is 5.60. The quantitative estimate of drug-likeness (QED) is 0.697. The van der Waals surface area contributed by atoms with E-state index >= 15 is 0 Å². The molecule has 0 aliphatic carbocycles. The fourth-order valence-electron chi connectivity index (χ4n) is 4.21. The van der Waals surface area contributed by atoms with Gasteiger partial charge in [0.25, 0.3) is 0 Å². The maximum Gasteiger partial charge on any atom is 0.109 e. The van der Waals surface area contributed by atoms with E-state index in [0.717, 1.165) is 25.2 Å². The molecular formula is C21H27N3O3. The molecule has 0 saturated carbocycles. The van der Waals surface area contributed by atoms with Crippen LogP contribution in [0.5, 0.6) is 0 Å². The Bertz CT molecular complexity index is 742. The molecule has 3 N–H and O–H groups in total. The van der Waals surface area contributed by atoms with Crippen molar-refractivity contribution in [3.63, 3.8) is 0 Å². The van der Waals surface area contributed by atoms with Crippen LogP contribution in [0, 0.1) is 0 Å². The van der Waals surface area contributed by atoms with E-state index in [4.69, 9.17) is 4.74 Å². The summed E-state index contributed by atoms with van der Waals surface area (Å²) in [5.74, 6) is 0. The molecule has 6 nitrogen and oxygen atoms in total. The van der Waals surface area contributed by atoms with Gasteiger partial charge < -0.3 is 20.3 Å². The summed E-state index contributed by atoms with van der Waals surface area (Å²) in [4.78, 5) is 6.62. The minimum Gasteiger partial charge on any atom is -0.394 e. The number of fused-ring (bicyclic) bond motifs is 1. The fourth-order valence-corrected chi connectivity index (χ4v) is 4.21. The lowest BCUT2D eigenvalue weighted by Gasteiger charge is -2.37. The normalized spacial score (nSPS) is 28.2. The summed E-state index contributed by atoms with van der Waals surface area (Å²) < 4.78 is 5.99. The minimum atomic E-state index is -0.693. The average Bonchev–Trinajstić information content (AvgIpc) is 3.04. The van der Waals surface area contributed by atoms with Gasteiger partial charge in [0.2, 0.25) is 0 Å². The van der Waals surface area contributed by atoms with E-state index in [2.05, 4.69) is 39.5 Å². The molecule has 0 amide bonds. The van der Waals surface area contributed by atoms with Crippen LogP contribution >= 0.6 is 0 Å². The van der Waals surface area contributed by atoms with E-state index in [-0.39, 0.29) is 18.8 Å². The number of aromatic nitrogens is 1.